The minimum atomic E-state index is -3.88. The SMILES string of the molecule is COC1CC(C(=O)O)N(S(=O)(=O)c2cc(Br)sc2Br)C1. The van der Waals surface area contributed by atoms with Gasteiger partial charge in [0.05, 0.1) is 13.7 Å². The number of hydrogen-bond acceptors (Lipinski definition) is 5. The molecule has 1 fully saturated rings. The van der Waals surface area contributed by atoms with Gasteiger partial charge in [-0.05, 0) is 37.9 Å². The maximum absolute atomic E-state index is 12.6. The number of ether oxygens (including phenoxy) is 1. The Morgan fingerprint density at radius 2 is 2.20 bits per heavy atom. The molecule has 0 amide bonds. The average Bonchev–Trinajstić information content (AvgIpc) is 2.93. The molecule has 0 aromatic carbocycles. The van der Waals surface area contributed by atoms with Gasteiger partial charge in [-0.1, -0.05) is 0 Å². The molecule has 0 saturated carbocycles. The van der Waals surface area contributed by atoms with E-state index in [0.29, 0.717) is 7.57 Å². The molecule has 1 aliphatic heterocycles. The third-order valence-electron chi connectivity index (χ3n) is 3.05. The van der Waals surface area contributed by atoms with Crippen LogP contribution in [-0.2, 0) is 19.6 Å². The Morgan fingerprint density at radius 3 is 2.65 bits per heavy atom. The summed E-state index contributed by atoms with van der Waals surface area (Å²) in [4.78, 5) is 11.3. The Bertz CT molecular complexity index is 630. The smallest absolute Gasteiger partial charge is 0.322 e. The van der Waals surface area contributed by atoms with Crippen molar-refractivity contribution in [1.82, 2.24) is 4.31 Å². The van der Waals surface area contributed by atoms with Crippen LogP contribution >= 0.6 is 43.2 Å². The van der Waals surface area contributed by atoms with Gasteiger partial charge in [-0.25, -0.2) is 8.42 Å². The minimum Gasteiger partial charge on any atom is -0.480 e. The molecule has 2 rings (SSSR count). The number of methoxy groups -OCH3 is 1. The number of carboxylic acids is 1. The summed E-state index contributed by atoms with van der Waals surface area (Å²) in [5.74, 6) is -1.17. The number of rotatable bonds is 4. The number of aliphatic carboxylic acids is 1. The van der Waals surface area contributed by atoms with Crippen LogP contribution in [0.4, 0.5) is 0 Å². The first-order valence-electron chi connectivity index (χ1n) is 5.49. The van der Waals surface area contributed by atoms with Crippen LogP contribution in [0.15, 0.2) is 18.5 Å². The van der Waals surface area contributed by atoms with Crippen molar-refractivity contribution in [3.63, 3.8) is 0 Å². The van der Waals surface area contributed by atoms with Crippen molar-refractivity contribution >= 4 is 59.2 Å². The lowest BCUT2D eigenvalue weighted by Crippen LogP contribution is -2.40. The summed E-state index contributed by atoms with van der Waals surface area (Å²) in [5, 5.41) is 9.20. The predicted octanol–water partition coefficient (Wildman–Crippen LogP) is 2.14. The van der Waals surface area contributed by atoms with Crippen molar-refractivity contribution in [2.24, 2.45) is 0 Å². The van der Waals surface area contributed by atoms with Crippen molar-refractivity contribution in [2.75, 3.05) is 13.7 Å². The lowest BCUT2D eigenvalue weighted by molar-refractivity contribution is -0.140. The molecule has 112 valence electrons. The molecule has 1 aromatic rings. The number of carbonyl (C=O) groups is 1. The van der Waals surface area contributed by atoms with E-state index in [2.05, 4.69) is 31.9 Å². The molecule has 0 aliphatic carbocycles. The molecule has 2 atom stereocenters. The van der Waals surface area contributed by atoms with E-state index in [0.717, 1.165) is 4.31 Å². The molecule has 0 spiro atoms. The van der Waals surface area contributed by atoms with Crippen LogP contribution in [0.1, 0.15) is 6.42 Å². The second-order valence-electron chi connectivity index (χ2n) is 4.21. The Balaban J connectivity index is 2.42. The summed E-state index contributed by atoms with van der Waals surface area (Å²) in [7, 11) is -2.44. The molecule has 2 unspecified atom stereocenters. The van der Waals surface area contributed by atoms with Gasteiger partial charge in [0.1, 0.15) is 10.9 Å². The van der Waals surface area contributed by atoms with E-state index in [1.807, 2.05) is 0 Å². The second-order valence-corrected chi connectivity index (χ2v) is 9.82. The van der Waals surface area contributed by atoms with Crippen LogP contribution in [0.2, 0.25) is 0 Å². The molecule has 10 heteroatoms. The van der Waals surface area contributed by atoms with Crippen molar-refractivity contribution in [2.45, 2.75) is 23.5 Å². The Kier molecular flexibility index (Phi) is 4.92. The third-order valence-corrected chi connectivity index (χ3v) is 7.68. The van der Waals surface area contributed by atoms with Gasteiger partial charge in [0.2, 0.25) is 10.0 Å². The molecule has 1 saturated heterocycles. The highest BCUT2D eigenvalue weighted by atomic mass is 79.9. The fourth-order valence-electron chi connectivity index (χ4n) is 2.06. The van der Waals surface area contributed by atoms with Crippen LogP contribution in [0.25, 0.3) is 0 Å². The lowest BCUT2D eigenvalue weighted by atomic mass is 10.2. The van der Waals surface area contributed by atoms with Crippen molar-refractivity contribution in [3.05, 3.63) is 13.6 Å². The van der Waals surface area contributed by atoms with E-state index in [1.54, 1.807) is 0 Å². The molecule has 2 heterocycles. The quantitative estimate of drug-likeness (QED) is 0.762. The van der Waals surface area contributed by atoms with E-state index in [9.17, 15) is 18.3 Å². The number of hydrogen-bond donors (Lipinski definition) is 1. The summed E-state index contributed by atoms with van der Waals surface area (Å²) in [6.45, 7) is 0.0374. The summed E-state index contributed by atoms with van der Waals surface area (Å²) in [6, 6.07) is 0.360. The number of carboxylic acid groups (broad SMARTS) is 1. The minimum absolute atomic E-state index is 0.0374. The molecule has 6 nitrogen and oxygen atoms in total. The lowest BCUT2D eigenvalue weighted by Gasteiger charge is -2.20. The van der Waals surface area contributed by atoms with E-state index < -0.39 is 28.1 Å². The average molecular weight is 449 g/mol. The first-order valence-corrected chi connectivity index (χ1v) is 9.34. The zero-order valence-electron chi connectivity index (χ0n) is 10.2. The van der Waals surface area contributed by atoms with Crippen molar-refractivity contribution < 1.29 is 23.1 Å². The molecule has 0 radical (unpaired) electrons. The normalized spacial score (nSPS) is 24.1. The standard InChI is InChI=1S/C10H11Br2NO5S2/c1-18-5-2-6(10(14)15)13(4-5)20(16,17)7-3-8(11)19-9(7)12/h3,5-6H,2,4H2,1H3,(H,14,15). The highest BCUT2D eigenvalue weighted by Gasteiger charge is 2.45. The van der Waals surface area contributed by atoms with Gasteiger partial charge in [0, 0.05) is 20.1 Å². The van der Waals surface area contributed by atoms with Crippen LogP contribution < -0.4 is 0 Å². The molecule has 1 aromatic heterocycles. The van der Waals surface area contributed by atoms with Gasteiger partial charge in [0.15, 0.2) is 0 Å². The highest BCUT2D eigenvalue weighted by Crippen LogP contribution is 2.38. The predicted molar refractivity (Wildman–Crippen MR) is 80.4 cm³/mol. The van der Waals surface area contributed by atoms with Gasteiger partial charge in [0.25, 0.3) is 0 Å². The molecule has 1 N–H and O–H groups in total. The molecular weight excluding hydrogens is 438 g/mol. The first kappa shape index (κ1) is 16.4. The van der Waals surface area contributed by atoms with Gasteiger partial charge in [-0.2, -0.15) is 4.31 Å². The van der Waals surface area contributed by atoms with Crippen LogP contribution in [0, 0.1) is 0 Å². The second kappa shape index (κ2) is 6.01. The summed E-state index contributed by atoms with van der Waals surface area (Å²) in [6.07, 6.45) is -0.264. The maximum atomic E-state index is 12.6. The summed E-state index contributed by atoms with van der Waals surface area (Å²) < 4.78 is 32.4. The van der Waals surface area contributed by atoms with E-state index in [1.165, 1.54) is 24.5 Å². The topological polar surface area (TPSA) is 83.9 Å². The van der Waals surface area contributed by atoms with Gasteiger partial charge < -0.3 is 9.84 Å². The zero-order valence-corrected chi connectivity index (χ0v) is 15.1. The Labute approximate surface area is 137 Å². The van der Waals surface area contributed by atoms with Crippen molar-refractivity contribution in [3.8, 4) is 0 Å². The highest BCUT2D eigenvalue weighted by molar-refractivity contribution is 9.12. The molecule has 20 heavy (non-hydrogen) atoms. The fourth-order valence-corrected chi connectivity index (χ4v) is 7.44. The van der Waals surface area contributed by atoms with Gasteiger partial charge in [-0.3, -0.25) is 4.79 Å². The zero-order chi connectivity index (χ0) is 15.1. The third kappa shape index (κ3) is 2.95. The van der Waals surface area contributed by atoms with Crippen LogP contribution in [0.3, 0.4) is 0 Å². The molecule has 0 bridgehead atoms. The monoisotopic (exact) mass is 447 g/mol. The van der Waals surface area contributed by atoms with Crippen molar-refractivity contribution in [1.29, 1.82) is 0 Å². The van der Waals surface area contributed by atoms with Crippen LogP contribution in [0.5, 0.6) is 0 Å². The number of thiophene rings is 1. The number of nitrogens with zero attached hydrogens (tertiary/aromatic N) is 1. The largest absolute Gasteiger partial charge is 0.480 e. The van der Waals surface area contributed by atoms with E-state index >= 15 is 0 Å². The number of halogens is 2. The van der Waals surface area contributed by atoms with Gasteiger partial charge in [-0.15, -0.1) is 11.3 Å². The Hall–Kier alpha value is -0.000000000000000333. The first-order chi connectivity index (χ1) is 9.27. The van der Waals surface area contributed by atoms with E-state index in [4.69, 9.17) is 4.74 Å². The maximum Gasteiger partial charge on any atom is 0.322 e. The molecular formula is C10H11Br2NO5S2. The van der Waals surface area contributed by atoms with E-state index in [-0.39, 0.29) is 17.9 Å². The Morgan fingerprint density at radius 1 is 1.55 bits per heavy atom. The fraction of sp³-hybridized carbons (Fsp3) is 0.500. The van der Waals surface area contributed by atoms with Crippen LogP contribution in [-0.4, -0.2) is 49.6 Å². The van der Waals surface area contributed by atoms with Gasteiger partial charge >= 0.3 is 5.97 Å². The summed E-state index contributed by atoms with van der Waals surface area (Å²) in [5.41, 5.74) is 0. The summed E-state index contributed by atoms with van der Waals surface area (Å²) >= 11 is 7.63. The number of sulfonamides is 1. The molecule has 1 aliphatic rings.